The van der Waals surface area contributed by atoms with Crippen molar-refractivity contribution < 1.29 is 4.74 Å². The molecular weight excluding hydrogens is 316 g/mol. The van der Waals surface area contributed by atoms with E-state index in [0.717, 1.165) is 21.9 Å². The van der Waals surface area contributed by atoms with Crippen LogP contribution in [-0.4, -0.2) is 35.6 Å². The van der Waals surface area contributed by atoms with Crippen molar-refractivity contribution in [2.75, 3.05) is 19.7 Å². The van der Waals surface area contributed by atoms with Gasteiger partial charge in [0, 0.05) is 28.5 Å². The lowest BCUT2D eigenvalue weighted by Gasteiger charge is -2.20. The number of fused-ring (bicyclic) bond motifs is 1. The summed E-state index contributed by atoms with van der Waals surface area (Å²) in [6.45, 7) is 5.18. The van der Waals surface area contributed by atoms with E-state index in [2.05, 4.69) is 44.9 Å². The summed E-state index contributed by atoms with van der Waals surface area (Å²) in [7, 11) is 0. The van der Waals surface area contributed by atoms with Gasteiger partial charge in [0.05, 0.1) is 5.52 Å². The van der Waals surface area contributed by atoms with Gasteiger partial charge in [-0.3, -0.25) is 4.90 Å². The topological polar surface area (TPSA) is 25.4 Å². The van der Waals surface area contributed by atoms with Crippen LogP contribution < -0.4 is 4.74 Å². The van der Waals surface area contributed by atoms with E-state index in [1.54, 1.807) is 0 Å². The lowest BCUT2D eigenvalue weighted by Crippen LogP contribution is -2.31. The fraction of sp³-hybridized carbons (Fsp3) is 0.438. The van der Waals surface area contributed by atoms with Gasteiger partial charge in [0.25, 0.3) is 0 Å². The van der Waals surface area contributed by atoms with E-state index < -0.39 is 0 Å². The van der Waals surface area contributed by atoms with Gasteiger partial charge in [-0.15, -0.1) is 0 Å². The highest BCUT2D eigenvalue weighted by atomic mass is 79.9. The Morgan fingerprint density at radius 2 is 2.25 bits per heavy atom. The third kappa shape index (κ3) is 3.13. The number of benzene rings is 1. The van der Waals surface area contributed by atoms with E-state index in [9.17, 15) is 0 Å². The molecule has 106 valence electrons. The van der Waals surface area contributed by atoms with Crippen LogP contribution in [0.3, 0.4) is 0 Å². The minimum absolute atomic E-state index is 0.695. The SMILES string of the molecule is CC1CCCN1CCOc1ccc2cc(Br)ccc2n1. The van der Waals surface area contributed by atoms with E-state index in [1.807, 2.05) is 18.2 Å². The molecule has 1 aliphatic rings. The summed E-state index contributed by atoms with van der Waals surface area (Å²) in [5.41, 5.74) is 0.972. The molecule has 1 aliphatic heterocycles. The van der Waals surface area contributed by atoms with Crippen molar-refractivity contribution in [2.24, 2.45) is 0 Å². The third-order valence-corrected chi connectivity index (χ3v) is 4.44. The van der Waals surface area contributed by atoms with Crippen LogP contribution in [0.1, 0.15) is 19.8 Å². The molecule has 20 heavy (non-hydrogen) atoms. The molecule has 0 N–H and O–H groups in total. The van der Waals surface area contributed by atoms with Crippen molar-refractivity contribution in [3.05, 3.63) is 34.8 Å². The zero-order valence-corrected chi connectivity index (χ0v) is 13.3. The molecule has 2 heterocycles. The molecule has 0 bridgehead atoms. The largest absolute Gasteiger partial charge is 0.476 e. The zero-order chi connectivity index (χ0) is 13.9. The maximum atomic E-state index is 5.79. The van der Waals surface area contributed by atoms with Gasteiger partial charge in [-0.1, -0.05) is 15.9 Å². The summed E-state index contributed by atoms with van der Waals surface area (Å²) < 4.78 is 6.86. The minimum Gasteiger partial charge on any atom is -0.476 e. The Balaban J connectivity index is 1.61. The van der Waals surface area contributed by atoms with Crippen LogP contribution in [-0.2, 0) is 0 Å². The van der Waals surface area contributed by atoms with Gasteiger partial charge in [-0.25, -0.2) is 4.98 Å². The first-order valence-corrected chi connectivity index (χ1v) is 7.95. The quantitative estimate of drug-likeness (QED) is 0.848. The monoisotopic (exact) mass is 334 g/mol. The molecule has 0 amide bonds. The molecule has 1 atom stereocenters. The van der Waals surface area contributed by atoms with Gasteiger partial charge in [0.15, 0.2) is 0 Å². The number of halogens is 1. The van der Waals surface area contributed by atoms with Gasteiger partial charge < -0.3 is 4.74 Å². The van der Waals surface area contributed by atoms with E-state index in [4.69, 9.17) is 4.74 Å². The van der Waals surface area contributed by atoms with Crippen molar-refractivity contribution in [3.8, 4) is 5.88 Å². The normalized spacial score (nSPS) is 19.6. The lowest BCUT2D eigenvalue weighted by atomic mass is 10.2. The number of aromatic nitrogens is 1. The number of hydrogen-bond acceptors (Lipinski definition) is 3. The fourth-order valence-corrected chi connectivity index (χ4v) is 3.13. The summed E-state index contributed by atoms with van der Waals surface area (Å²) in [6, 6.07) is 10.8. The molecule has 0 spiro atoms. The third-order valence-electron chi connectivity index (χ3n) is 3.94. The number of rotatable bonds is 4. The first-order valence-electron chi connectivity index (χ1n) is 7.15. The van der Waals surface area contributed by atoms with E-state index in [0.29, 0.717) is 18.5 Å². The molecule has 3 rings (SSSR count). The zero-order valence-electron chi connectivity index (χ0n) is 11.7. The molecule has 1 fully saturated rings. The fourth-order valence-electron chi connectivity index (χ4n) is 2.75. The summed E-state index contributed by atoms with van der Waals surface area (Å²) in [4.78, 5) is 7.02. The standard InChI is InChI=1S/C16H19BrN2O/c1-12-3-2-8-19(12)9-10-20-16-7-4-13-11-14(17)5-6-15(13)18-16/h4-7,11-12H,2-3,8-10H2,1H3. The number of pyridine rings is 1. The predicted octanol–water partition coefficient (Wildman–Crippen LogP) is 3.86. The molecule has 0 saturated carbocycles. The van der Waals surface area contributed by atoms with Gasteiger partial charge in [0.1, 0.15) is 6.61 Å². The van der Waals surface area contributed by atoms with Gasteiger partial charge >= 0.3 is 0 Å². The summed E-state index contributed by atoms with van der Waals surface area (Å²) in [6.07, 6.45) is 2.62. The smallest absolute Gasteiger partial charge is 0.213 e. The van der Waals surface area contributed by atoms with E-state index >= 15 is 0 Å². The Labute approximate surface area is 128 Å². The molecule has 0 aliphatic carbocycles. The second kappa shape index (κ2) is 6.10. The van der Waals surface area contributed by atoms with Crippen molar-refractivity contribution in [1.82, 2.24) is 9.88 Å². The van der Waals surface area contributed by atoms with Crippen molar-refractivity contribution >= 4 is 26.8 Å². The highest BCUT2D eigenvalue weighted by Crippen LogP contribution is 2.21. The highest BCUT2D eigenvalue weighted by molar-refractivity contribution is 9.10. The molecule has 1 aromatic heterocycles. The average Bonchev–Trinajstić information content (AvgIpc) is 2.85. The van der Waals surface area contributed by atoms with E-state index in [1.165, 1.54) is 19.4 Å². The second-order valence-corrected chi connectivity index (χ2v) is 6.28. The number of likely N-dealkylation sites (tertiary alicyclic amines) is 1. The van der Waals surface area contributed by atoms with Gasteiger partial charge in [0.2, 0.25) is 5.88 Å². The molecule has 0 radical (unpaired) electrons. The van der Waals surface area contributed by atoms with Crippen LogP contribution in [0.4, 0.5) is 0 Å². The van der Waals surface area contributed by atoms with Crippen LogP contribution in [0.25, 0.3) is 10.9 Å². The van der Waals surface area contributed by atoms with Crippen LogP contribution in [0, 0.1) is 0 Å². The Morgan fingerprint density at radius 1 is 1.35 bits per heavy atom. The first kappa shape index (κ1) is 13.8. The summed E-state index contributed by atoms with van der Waals surface area (Å²) in [5.74, 6) is 0.715. The number of ether oxygens (including phenoxy) is 1. The van der Waals surface area contributed by atoms with Crippen LogP contribution >= 0.6 is 15.9 Å². The second-order valence-electron chi connectivity index (χ2n) is 5.36. The Kier molecular flexibility index (Phi) is 4.22. The van der Waals surface area contributed by atoms with Crippen molar-refractivity contribution in [3.63, 3.8) is 0 Å². The molecule has 2 aromatic rings. The molecule has 1 unspecified atom stereocenters. The molecular formula is C16H19BrN2O. The molecule has 4 heteroatoms. The maximum Gasteiger partial charge on any atom is 0.213 e. The van der Waals surface area contributed by atoms with Crippen LogP contribution in [0.5, 0.6) is 5.88 Å². The highest BCUT2D eigenvalue weighted by Gasteiger charge is 2.19. The molecule has 3 nitrogen and oxygen atoms in total. The van der Waals surface area contributed by atoms with Crippen molar-refractivity contribution in [1.29, 1.82) is 0 Å². The maximum absolute atomic E-state index is 5.79. The summed E-state index contributed by atoms with van der Waals surface area (Å²) in [5, 5.41) is 1.12. The lowest BCUT2D eigenvalue weighted by molar-refractivity contribution is 0.201. The minimum atomic E-state index is 0.695. The molecule has 1 aromatic carbocycles. The van der Waals surface area contributed by atoms with Crippen molar-refractivity contribution in [2.45, 2.75) is 25.8 Å². The Bertz CT molecular complexity index is 602. The number of nitrogens with zero attached hydrogens (tertiary/aromatic N) is 2. The molecule has 1 saturated heterocycles. The van der Waals surface area contributed by atoms with Crippen LogP contribution in [0.2, 0.25) is 0 Å². The Morgan fingerprint density at radius 3 is 3.05 bits per heavy atom. The van der Waals surface area contributed by atoms with Gasteiger partial charge in [-0.05, 0) is 50.6 Å². The first-order chi connectivity index (χ1) is 9.72. The predicted molar refractivity (Wildman–Crippen MR) is 85.2 cm³/mol. The number of hydrogen-bond donors (Lipinski definition) is 0. The van der Waals surface area contributed by atoms with Crippen LogP contribution in [0.15, 0.2) is 34.8 Å². The Hall–Kier alpha value is -1.13. The summed E-state index contributed by atoms with van der Waals surface area (Å²) >= 11 is 3.47. The van der Waals surface area contributed by atoms with E-state index in [-0.39, 0.29) is 0 Å². The van der Waals surface area contributed by atoms with Gasteiger partial charge in [-0.2, -0.15) is 0 Å². The average molecular weight is 335 g/mol.